The van der Waals surface area contributed by atoms with Gasteiger partial charge in [0.15, 0.2) is 0 Å². The van der Waals surface area contributed by atoms with E-state index in [1.165, 1.54) is 104 Å². The van der Waals surface area contributed by atoms with E-state index in [0.29, 0.717) is 63.1 Å². The third-order valence-electron chi connectivity index (χ3n) is 28.6. The van der Waals surface area contributed by atoms with E-state index in [0.717, 1.165) is 72.7 Å². The molecule has 0 amide bonds. The summed E-state index contributed by atoms with van der Waals surface area (Å²) in [5.74, 6) is 0. The van der Waals surface area contributed by atoms with E-state index in [-0.39, 0.29) is 91.7 Å². The fourth-order valence-corrected chi connectivity index (χ4v) is 20.8. The smallest absolute Gasteiger partial charge is 0.252 e. The Morgan fingerprint density at radius 1 is 0.301 bits per heavy atom. The Balaban J connectivity index is 0.856. The van der Waals surface area contributed by atoms with Gasteiger partial charge in [0.05, 0.1) is 28.9 Å². The molecular weight excluding hydrogens is 1640 g/mol. The van der Waals surface area contributed by atoms with Gasteiger partial charge >= 0.3 is 0 Å². The van der Waals surface area contributed by atoms with Crippen LogP contribution < -0.4 is 31.1 Å². The Kier molecular flexibility index (Phi) is 19.9. The molecule has 0 bridgehead atoms. The van der Waals surface area contributed by atoms with Crippen LogP contribution in [0, 0.1) is 0 Å². The molecule has 5 nitrogen and oxygen atoms in total. The first-order chi connectivity index (χ1) is 70.6. The highest BCUT2D eigenvalue weighted by molar-refractivity contribution is 7.00. The van der Waals surface area contributed by atoms with Gasteiger partial charge in [-0.2, -0.15) is 0 Å². The Morgan fingerprint density at radius 2 is 0.750 bits per heavy atom. The topological polar surface area (TPSA) is 19.6 Å². The van der Waals surface area contributed by atoms with Crippen LogP contribution in [0.5, 0.6) is 0 Å². The summed E-state index contributed by atoms with van der Waals surface area (Å²) in [6, 6.07) is 95.8. The Labute approximate surface area is 828 Å². The zero-order valence-electron chi connectivity index (χ0n) is 95.4. The SMILES string of the molecule is [2H]c1c([2H])c([2H])c(CN(CCc2cc3c4c(c2)N(Cc2c(-c5ccccc5)cc(C(C)(C)C)cc2-c2ccccc2)c2cc(Cc5cc(C(C)(C)C)cc(C(C)(C)C)c5)ccc2B4c2ccc(CCn4c5ccc(C(C)(C)C)cc5c5cc(C(C)(C)C)ccc54)cc2N3CCc2c(Cc3ccccc3)cc(C(C)(C)C)cc2-c2ccccc2)c2ccc(-n3c4c([2H])c([2H])c([2H])c([2H])c4c4c([2H])c([2H])c([2H])c([2H])c43)cc2)c([2H])c1[2H]. The molecule has 0 fully saturated rings. The monoisotopic (exact) mass is 1790 g/mol. The van der Waals surface area contributed by atoms with Gasteiger partial charge in [-0.3, -0.25) is 0 Å². The van der Waals surface area contributed by atoms with Crippen molar-refractivity contribution in [3.05, 3.63) is 435 Å². The molecule has 16 aromatic carbocycles. The van der Waals surface area contributed by atoms with E-state index in [2.05, 4.69) is 388 Å². The van der Waals surface area contributed by atoms with Crippen molar-refractivity contribution in [1.82, 2.24) is 9.13 Å². The molecule has 0 radical (unpaired) electrons. The predicted molar refractivity (Wildman–Crippen MR) is 586 cm³/mol. The van der Waals surface area contributed by atoms with E-state index in [1.54, 1.807) is 12.1 Å². The van der Waals surface area contributed by atoms with Gasteiger partial charge in [-0.1, -0.05) is 391 Å². The Hall–Kier alpha value is -13.4. The first-order valence-corrected chi connectivity index (χ1v) is 48.7. The van der Waals surface area contributed by atoms with Crippen molar-refractivity contribution in [2.75, 3.05) is 27.8 Å². The van der Waals surface area contributed by atoms with Crippen LogP contribution in [0.2, 0.25) is 0 Å². The molecule has 4 heterocycles. The molecule has 2 aromatic heterocycles. The van der Waals surface area contributed by atoms with Gasteiger partial charge in [0, 0.05) is 99.4 Å². The first-order valence-electron chi connectivity index (χ1n) is 55.2. The number of aromatic nitrogens is 2. The highest BCUT2D eigenvalue weighted by Gasteiger charge is 2.44. The van der Waals surface area contributed by atoms with E-state index < -0.39 is 66.5 Å². The van der Waals surface area contributed by atoms with Gasteiger partial charge in [-0.25, -0.2) is 0 Å². The maximum absolute atomic E-state index is 9.70. The van der Waals surface area contributed by atoms with Gasteiger partial charge in [-0.15, -0.1) is 0 Å². The van der Waals surface area contributed by atoms with Gasteiger partial charge in [0.2, 0.25) is 0 Å². The van der Waals surface area contributed by atoms with E-state index in [4.69, 9.17) is 6.85 Å². The number of aryl methyl sites for hydroxylation is 2. The molecule has 2 aliphatic heterocycles. The average molecular weight is 1790 g/mol. The largest absolute Gasteiger partial charge is 0.367 e. The minimum Gasteiger partial charge on any atom is -0.367 e. The zero-order valence-corrected chi connectivity index (χ0v) is 82.4. The summed E-state index contributed by atoms with van der Waals surface area (Å²) in [7, 11) is 0. The number of rotatable bonds is 22. The molecule has 6 heteroatoms. The lowest BCUT2D eigenvalue weighted by molar-refractivity contribution is 0.567. The highest BCUT2D eigenvalue weighted by Crippen LogP contribution is 2.48. The van der Waals surface area contributed by atoms with Crippen LogP contribution >= 0.6 is 0 Å². The lowest BCUT2D eigenvalue weighted by Gasteiger charge is -2.45. The van der Waals surface area contributed by atoms with Crippen LogP contribution in [0.3, 0.4) is 0 Å². The molecule has 0 saturated heterocycles. The number of anilines is 5. The minimum absolute atomic E-state index is 0.0252. The summed E-state index contributed by atoms with van der Waals surface area (Å²) in [6.07, 6.45) is 3.02. The predicted octanol–water partition coefficient (Wildman–Crippen LogP) is 31.2. The number of fused-ring (bicyclic) bond motifs is 10. The van der Waals surface area contributed by atoms with E-state index >= 15 is 0 Å². The van der Waals surface area contributed by atoms with Crippen molar-refractivity contribution in [2.45, 2.75) is 209 Å². The summed E-state index contributed by atoms with van der Waals surface area (Å²) in [5.41, 5.74) is 34.0. The number of nitrogens with zero attached hydrogens (tertiary/aromatic N) is 5. The van der Waals surface area contributed by atoms with Crippen molar-refractivity contribution in [1.29, 1.82) is 0 Å². The lowest BCUT2D eigenvalue weighted by atomic mass is 9.33. The maximum Gasteiger partial charge on any atom is 0.252 e. The summed E-state index contributed by atoms with van der Waals surface area (Å²) >= 11 is 0. The molecular formula is C130H132BN5. The Morgan fingerprint density at radius 3 is 1.27 bits per heavy atom. The standard InChI is InChI=1S/C130H132BN5/c1-125(2,3)97-54-62-116-111(80-97)112-81-98(126(4,5)6)55-63-117(112)133(116)68-65-88-52-60-114-120(74-88)134(69-66-105-96(71-87-38-24-19-25-39-87)78-101(129(13,14)15)82-108(105)93-42-28-21-29-43-93)122-76-91(64-67-132(85-89-40-26-20-27-41-89)103-56-58-104(59-57-103)136-118-50-36-34-48-106(118)107-49-35-37-51-119(107)136)77-123-124(122)131(114)115-61-53-90(70-92-72-99(127(7,8)9)79-100(73-92)128(10,11)12)75-121(115)135(123)86-113-109(94-44-30-22-31-45-94)83-102(130(16,17)18)84-110(113)95-46-32-23-33-47-95/h19-63,72-84H,64-71,85-86H2,1-18H3/i20D,26D,27D,34D,35D,36D,37D,40D,41D,48D,49D,50D,51D. The van der Waals surface area contributed by atoms with Crippen LogP contribution in [-0.4, -0.2) is 28.9 Å². The van der Waals surface area contributed by atoms with Crippen LogP contribution in [0.4, 0.5) is 28.4 Å². The molecule has 20 rings (SSSR count). The van der Waals surface area contributed by atoms with Crippen molar-refractivity contribution < 1.29 is 17.8 Å². The molecule has 680 valence electrons. The molecule has 0 saturated carbocycles. The van der Waals surface area contributed by atoms with E-state index in [1.807, 2.05) is 17.0 Å². The van der Waals surface area contributed by atoms with Gasteiger partial charge < -0.3 is 23.8 Å². The molecule has 0 N–H and O–H groups in total. The second-order valence-electron chi connectivity index (χ2n) is 44.3. The maximum atomic E-state index is 9.70. The van der Waals surface area contributed by atoms with Gasteiger partial charge in [0.1, 0.15) is 0 Å². The molecule has 0 unspecified atom stereocenters. The van der Waals surface area contributed by atoms with Crippen LogP contribution in [0.15, 0.2) is 352 Å². The number of benzene rings is 16. The minimum atomic E-state index is -0.545. The van der Waals surface area contributed by atoms with Gasteiger partial charge in [-0.05, 0) is 283 Å². The number of hydrogen-bond donors (Lipinski definition) is 0. The van der Waals surface area contributed by atoms with Gasteiger partial charge in [0.25, 0.3) is 6.71 Å². The zero-order chi connectivity index (χ0) is 106. The number of hydrogen-bond acceptors (Lipinski definition) is 3. The van der Waals surface area contributed by atoms with Crippen molar-refractivity contribution in [3.8, 4) is 39.1 Å². The molecule has 0 aliphatic carbocycles. The van der Waals surface area contributed by atoms with Crippen LogP contribution in [0.1, 0.15) is 226 Å². The second-order valence-corrected chi connectivity index (χ2v) is 44.3. The molecule has 2 aliphatic rings. The fraction of sp³-hybridized carbons (Fsp3) is 0.262. The quantitative estimate of drug-likeness (QED) is 0.0631. The van der Waals surface area contributed by atoms with E-state index in [9.17, 15) is 11.0 Å². The lowest BCUT2D eigenvalue weighted by Crippen LogP contribution is -2.62. The van der Waals surface area contributed by atoms with Crippen molar-refractivity contribution in [2.24, 2.45) is 0 Å². The molecule has 0 atom stereocenters. The Bertz CT molecular complexity index is 8090. The molecule has 18 aromatic rings. The first kappa shape index (κ1) is 75.8. The average Bonchev–Trinajstić information content (AvgIpc) is 1.69. The summed E-state index contributed by atoms with van der Waals surface area (Å²) in [5, 5.41) is 2.41. The van der Waals surface area contributed by atoms with Crippen LogP contribution in [0.25, 0.3) is 82.7 Å². The highest BCUT2D eigenvalue weighted by atomic mass is 15.2. The third kappa shape index (κ3) is 18.0. The third-order valence-corrected chi connectivity index (χ3v) is 28.6. The van der Waals surface area contributed by atoms with Crippen LogP contribution in [-0.2, 0) is 84.2 Å². The number of para-hydroxylation sites is 2. The second kappa shape index (κ2) is 35.7. The summed E-state index contributed by atoms with van der Waals surface area (Å²) < 4.78 is 124. The normalized spacial score (nSPS) is 14.4. The fourth-order valence-electron chi connectivity index (χ4n) is 20.8. The van der Waals surface area contributed by atoms with Crippen molar-refractivity contribution >= 4 is 95.1 Å². The summed E-state index contributed by atoms with van der Waals surface area (Å²) in [6.45, 7) is 42.9. The summed E-state index contributed by atoms with van der Waals surface area (Å²) in [4.78, 5) is 7.38. The molecule has 0 spiro atoms. The molecule has 136 heavy (non-hydrogen) atoms. The van der Waals surface area contributed by atoms with Crippen molar-refractivity contribution in [3.63, 3.8) is 0 Å².